The van der Waals surface area contributed by atoms with Crippen molar-refractivity contribution in [2.45, 2.75) is 104 Å². The van der Waals surface area contributed by atoms with Crippen LogP contribution in [0.4, 0.5) is 0 Å². The van der Waals surface area contributed by atoms with Gasteiger partial charge in [-0.2, -0.15) is 0 Å². The number of fused-ring (bicyclic) bond motifs is 5. The van der Waals surface area contributed by atoms with E-state index in [9.17, 15) is 5.11 Å². The van der Waals surface area contributed by atoms with Gasteiger partial charge in [0.2, 0.25) is 0 Å². The summed E-state index contributed by atoms with van der Waals surface area (Å²) in [6.45, 7) is 10.9. The SMILES string of the molecule is CC(CN)CCC[C@@H](C)[C@H]1CC[C@H]2[C@@H]3CC=C4C[C@@H](O)CC[C@]4(C)[C@H]3CC[C@]12C. The number of allylic oxidation sites excluding steroid dienone is 1. The Hall–Kier alpha value is -0.340. The smallest absolute Gasteiger partial charge is 0.0577 e. The predicted molar refractivity (Wildman–Crippen MR) is 122 cm³/mol. The summed E-state index contributed by atoms with van der Waals surface area (Å²) >= 11 is 0. The second-order valence-electron chi connectivity index (χ2n) is 12.1. The van der Waals surface area contributed by atoms with E-state index in [1.165, 1.54) is 57.8 Å². The molecule has 0 aromatic rings. The van der Waals surface area contributed by atoms with Crippen LogP contribution in [0.5, 0.6) is 0 Å². The first kappa shape index (κ1) is 21.9. The van der Waals surface area contributed by atoms with Crippen LogP contribution in [0.2, 0.25) is 0 Å². The molecule has 0 amide bonds. The maximum Gasteiger partial charge on any atom is 0.0577 e. The van der Waals surface area contributed by atoms with Crippen molar-refractivity contribution in [1.29, 1.82) is 0 Å². The van der Waals surface area contributed by atoms with E-state index in [-0.39, 0.29) is 6.10 Å². The van der Waals surface area contributed by atoms with E-state index >= 15 is 0 Å². The number of hydrogen-bond acceptors (Lipinski definition) is 2. The van der Waals surface area contributed by atoms with Gasteiger partial charge in [-0.3, -0.25) is 0 Å². The lowest BCUT2D eigenvalue weighted by Crippen LogP contribution is -2.50. The first-order chi connectivity index (χ1) is 13.8. The Morgan fingerprint density at radius 3 is 2.62 bits per heavy atom. The fourth-order valence-electron chi connectivity index (χ4n) is 8.72. The molecule has 1 unspecified atom stereocenters. The molecular weight excluding hydrogens is 354 g/mol. The van der Waals surface area contributed by atoms with Crippen molar-refractivity contribution in [3.05, 3.63) is 11.6 Å². The standard InChI is InChI=1S/C27H47NO/c1-18(17-28)6-5-7-19(2)23-10-11-24-22-9-8-20-16-21(29)12-14-26(20,3)25(22)13-15-27(23,24)4/h8,18-19,21-25,29H,5-7,9-17,28H2,1-4H3/t18?,19-,21+,22+,23-,24+,25+,26+,27-/m1/s1. The van der Waals surface area contributed by atoms with E-state index < -0.39 is 0 Å². The topological polar surface area (TPSA) is 46.2 Å². The van der Waals surface area contributed by atoms with Crippen molar-refractivity contribution in [3.63, 3.8) is 0 Å². The minimum absolute atomic E-state index is 0.0848. The molecular formula is C27H47NO. The lowest BCUT2D eigenvalue weighted by molar-refractivity contribution is -0.0573. The zero-order valence-corrected chi connectivity index (χ0v) is 19.6. The maximum absolute atomic E-state index is 10.2. The molecule has 3 fully saturated rings. The molecule has 0 aromatic heterocycles. The minimum Gasteiger partial charge on any atom is -0.393 e. The molecule has 9 atom stereocenters. The van der Waals surface area contributed by atoms with Crippen LogP contribution in [-0.4, -0.2) is 17.8 Å². The Morgan fingerprint density at radius 1 is 1.07 bits per heavy atom. The van der Waals surface area contributed by atoms with Crippen molar-refractivity contribution < 1.29 is 5.11 Å². The van der Waals surface area contributed by atoms with Gasteiger partial charge in [0.15, 0.2) is 0 Å². The highest BCUT2D eigenvalue weighted by atomic mass is 16.3. The van der Waals surface area contributed by atoms with Gasteiger partial charge in [-0.05, 0) is 111 Å². The first-order valence-electron chi connectivity index (χ1n) is 12.9. The van der Waals surface area contributed by atoms with Crippen LogP contribution >= 0.6 is 0 Å². The molecule has 0 aromatic carbocycles. The van der Waals surface area contributed by atoms with Crippen LogP contribution in [-0.2, 0) is 0 Å². The van der Waals surface area contributed by atoms with Gasteiger partial charge in [0, 0.05) is 0 Å². The summed E-state index contributed by atoms with van der Waals surface area (Å²) in [6.07, 6.45) is 16.8. The first-order valence-corrected chi connectivity index (χ1v) is 12.9. The van der Waals surface area contributed by atoms with E-state index in [1.54, 1.807) is 5.57 Å². The van der Waals surface area contributed by atoms with Gasteiger partial charge in [0.25, 0.3) is 0 Å². The molecule has 0 heterocycles. The summed E-state index contributed by atoms with van der Waals surface area (Å²) in [6, 6.07) is 0. The maximum atomic E-state index is 10.2. The van der Waals surface area contributed by atoms with E-state index in [4.69, 9.17) is 5.73 Å². The molecule has 2 heteroatoms. The third-order valence-corrected chi connectivity index (χ3v) is 10.6. The molecule has 3 saturated carbocycles. The Labute approximate surface area is 180 Å². The van der Waals surface area contributed by atoms with E-state index in [2.05, 4.69) is 33.8 Å². The largest absolute Gasteiger partial charge is 0.393 e. The van der Waals surface area contributed by atoms with Crippen LogP contribution in [0.25, 0.3) is 0 Å². The molecule has 3 N–H and O–H groups in total. The highest BCUT2D eigenvalue weighted by Gasteiger charge is 2.59. The van der Waals surface area contributed by atoms with Crippen molar-refractivity contribution >= 4 is 0 Å². The number of nitrogens with two attached hydrogens (primary N) is 1. The van der Waals surface area contributed by atoms with Gasteiger partial charge in [-0.1, -0.05) is 52.2 Å². The monoisotopic (exact) mass is 401 g/mol. The minimum atomic E-state index is -0.0848. The molecule has 0 saturated heterocycles. The van der Waals surface area contributed by atoms with Crippen LogP contribution in [0.3, 0.4) is 0 Å². The molecule has 4 aliphatic rings. The Bertz CT molecular complexity index is 614. The molecule has 2 nitrogen and oxygen atoms in total. The van der Waals surface area contributed by atoms with Gasteiger partial charge < -0.3 is 10.8 Å². The third kappa shape index (κ3) is 3.75. The molecule has 4 aliphatic carbocycles. The van der Waals surface area contributed by atoms with Gasteiger partial charge in [0.05, 0.1) is 6.10 Å². The van der Waals surface area contributed by atoms with Gasteiger partial charge in [-0.25, -0.2) is 0 Å². The summed E-state index contributed by atoms with van der Waals surface area (Å²) in [4.78, 5) is 0. The van der Waals surface area contributed by atoms with Gasteiger partial charge >= 0.3 is 0 Å². The van der Waals surface area contributed by atoms with E-state index in [0.29, 0.717) is 16.7 Å². The second-order valence-corrected chi connectivity index (χ2v) is 12.1. The fourth-order valence-corrected chi connectivity index (χ4v) is 8.72. The molecule has 0 spiro atoms. The van der Waals surface area contributed by atoms with Gasteiger partial charge in [0.1, 0.15) is 0 Å². The zero-order chi connectivity index (χ0) is 20.8. The van der Waals surface area contributed by atoms with E-state index in [1.807, 2.05) is 0 Å². The van der Waals surface area contributed by atoms with Crippen LogP contribution in [0.1, 0.15) is 98.3 Å². The molecule has 0 radical (unpaired) electrons. The van der Waals surface area contributed by atoms with Crippen LogP contribution in [0, 0.1) is 46.3 Å². The number of aliphatic hydroxyl groups is 1. The van der Waals surface area contributed by atoms with Crippen molar-refractivity contribution in [2.75, 3.05) is 6.54 Å². The highest BCUT2D eigenvalue weighted by molar-refractivity contribution is 5.25. The molecule has 4 rings (SSSR count). The number of rotatable bonds is 6. The second kappa shape index (κ2) is 8.30. The van der Waals surface area contributed by atoms with Crippen LogP contribution in [0.15, 0.2) is 11.6 Å². The highest BCUT2D eigenvalue weighted by Crippen LogP contribution is 2.67. The third-order valence-electron chi connectivity index (χ3n) is 10.6. The van der Waals surface area contributed by atoms with Crippen molar-refractivity contribution in [2.24, 2.45) is 52.1 Å². The normalized spacial score (nSPS) is 46.3. The van der Waals surface area contributed by atoms with Crippen LogP contribution < -0.4 is 5.73 Å². The Morgan fingerprint density at radius 2 is 1.86 bits per heavy atom. The number of hydrogen-bond donors (Lipinski definition) is 2. The Balaban J connectivity index is 1.46. The summed E-state index contributed by atoms with van der Waals surface area (Å²) in [5.41, 5.74) is 8.38. The Kier molecular flexibility index (Phi) is 6.26. The summed E-state index contributed by atoms with van der Waals surface area (Å²) in [7, 11) is 0. The zero-order valence-electron chi connectivity index (χ0n) is 19.6. The van der Waals surface area contributed by atoms with Crippen molar-refractivity contribution in [1.82, 2.24) is 0 Å². The average Bonchev–Trinajstić information content (AvgIpc) is 3.05. The molecule has 0 bridgehead atoms. The lowest BCUT2D eigenvalue weighted by atomic mass is 9.47. The lowest BCUT2D eigenvalue weighted by Gasteiger charge is -2.58. The number of aliphatic hydroxyl groups excluding tert-OH is 1. The van der Waals surface area contributed by atoms with Crippen molar-refractivity contribution in [3.8, 4) is 0 Å². The molecule has 29 heavy (non-hydrogen) atoms. The molecule has 166 valence electrons. The van der Waals surface area contributed by atoms with E-state index in [0.717, 1.165) is 49.0 Å². The average molecular weight is 402 g/mol. The molecule has 0 aliphatic heterocycles. The summed E-state index contributed by atoms with van der Waals surface area (Å²) in [5.74, 6) is 5.16. The predicted octanol–water partition coefficient (Wildman–Crippen LogP) is 6.33. The quantitative estimate of drug-likeness (QED) is 0.511. The summed E-state index contributed by atoms with van der Waals surface area (Å²) in [5, 5.41) is 10.2. The fraction of sp³-hybridized carbons (Fsp3) is 0.926. The summed E-state index contributed by atoms with van der Waals surface area (Å²) < 4.78 is 0. The van der Waals surface area contributed by atoms with Gasteiger partial charge in [-0.15, -0.1) is 0 Å².